The Morgan fingerprint density at radius 2 is 1.86 bits per heavy atom. The topological polar surface area (TPSA) is 45.2 Å². The largest absolute Gasteiger partial charge is 0.416 e. The summed E-state index contributed by atoms with van der Waals surface area (Å²) >= 11 is 0. The van der Waals surface area contributed by atoms with Gasteiger partial charge in [-0.15, -0.1) is 0 Å². The van der Waals surface area contributed by atoms with Gasteiger partial charge < -0.3 is 4.90 Å². The molecule has 1 N–H and O–H groups in total. The average molecular weight is 389 g/mol. The normalized spacial score (nSPS) is 25.1. The first-order chi connectivity index (χ1) is 13.2. The zero-order chi connectivity index (χ0) is 20.1. The lowest BCUT2D eigenvalue weighted by Gasteiger charge is -2.23. The van der Waals surface area contributed by atoms with Gasteiger partial charge >= 0.3 is 6.18 Å². The molecule has 2 aliphatic rings. The van der Waals surface area contributed by atoms with Gasteiger partial charge in [0.15, 0.2) is 0 Å². The van der Waals surface area contributed by atoms with Crippen molar-refractivity contribution in [3.8, 4) is 11.1 Å². The van der Waals surface area contributed by atoms with Gasteiger partial charge in [0, 0.05) is 19.3 Å². The first kappa shape index (κ1) is 18.9. The van der Waals surface area contributed by atoms with Gasteiger partial charge in [-0.25, -0.2) is 0 Å². The minimum Gasteiger partial charge on any atom is -0.344 e. The number of benzene rings is 1. The Bertz CT molecular complexity index is 910. The summed E-state index contributed by atoms with van der Waals surface area (Å²) in [6, 6.07) is 8.91. The fourth-order valence-electron chi connectivity index (χ4n) is 4.28. The zero-order valence-electron chi connectivity index (χ0n) is 15.8. The fourth-order valence-corrected chi connectivity index (χ4v) is 4.28. The number of likely N-dealkylation sites (N-methyl/N-ethyl adjacent to an activating group) is 1. The van der Waals surface area contributed by atoms with Crippen LogP contribution in [0, 0.1) is 6.92 Å². The van der Waals surface area contributed by atoms with Crippen LogP contribution in [0.15, 0.2) is 36.4 Å². The summed E-state index contributed by atoms with van der Waals surface area (Å²) in [6.07, 6.45) is -1.98. The van der Waals surface area contributed by atoms with Crippen LogP contribution in [0.2, 0.25) is 0 Å². The van der Waals surface area contributed by atoms with E-state index in [1.165, 1.54) is 12.1 Å². The van der Waals surface area contributed by atoms with Crippen LogP contribution in [0.3, 0.4) is 0 Å². The van der Waals surface area contributed by atoms with Crippen molar-refractivity contribution in [2.75, 3.05) is 13.6 Å². The predicted octanol–water partition coefficient (Wildman–Crippen LogP) is 4.10. The molecule has 4 rings (SSSR count). The van der Waals surface area contributed by atoms with Crippen LogP contribution in [0.4, 0.5) is 13.2 Å². The molecule has 0 unspecified atom stereocenters. The number of pyridine rings is 1. The van der Waals surface area contributed by atoms with Gasteiger partial charge in [0.2, 0.25) is 5.91 Å². The molecular formula is C21H22F3N3O. The molecule has 0 saturated carbocycles. The maximum absolute atomic E-state index is 12.8. The SMILES string of the molecule is Cc1cc(-c2ccc(C(F)(F)F)cc2)cc([C@H]2CC[C@]3(CCN(C)C3=O)N2)n1. The van der Waals surface area contributed by atoms with Gasteiger partial charge in [-0.05, 0) is 61.6 Å². The highest BCUT2D eigenvalue weighted by molar-refractivity contribution is 5.88. The third-order valence-electron chi connectivity index (χ3n) is 5.82. The van der Waals surface area contributed by atoms with E-state index >= 15 is 0 Å². The number of hydrogen-bond donors (Lipinski definition) is 1. The second kappa shape index (κ2) is 6.58. The van der Waals surface area contributed by atoms with Gasteiger partial charge in [0.1, 0.15) is 5.54 Å². The number of halogens is 3. The standard InChI is InChI=1S/C21H22F3N3O/c1-13-11-15(14-3-5-16(6-4-14)21(22,23)24)12-18(25-13)17-7-8-20(26-17)9-10-27(2)19(20)28/h3-6,11-12,17,26H,7-10H2,1-2H3/t17-,20-/m1/s1. The summed E-state index contributed by atoms with van der Waals surface area (Å²) in [6.45, 7) is 2.62. The molecule has 2 aromatic rings. The van der Waals surface area contributed by atoms with Gasteiger partial charge in [0.05, 0.1) is 17.3 Å². The van der Waals surface area contributed by atoms with Crippen molar-refractivity contribution in [2.24, 2.45) is 0 Å². The maximum atomic E-state index is 12.8. The van der Waals surface area contributed by atoms with Crippen molar-refractivity contribution in [1.82, 2.24) is 15.2 Å². The minimum atomic E-state index is -4.35. The van der Waals surface area contributed by atoms with Crippen molar-refractivity contribution < 1.29 is 18.0 Å². The van der Waals surface area contributed by atoms with E-state index in [4.69, 9.17) is 0 Å². The van der Waals surface area contributed by atoms with Crippen LogP contribution in [-0.2, 0) is 11.0 Å². The van der Waals surface area contributed by atoms with Gasteiger partial charge in [-0.2, -0.15) is 13.2 Å². The highest BCUT2D eigenvalue weighted by atomic mass is 19.4. The molecule has 1 spiro atoms. The number of alkyl halides is 3. The Labute approximate surface area is 161 Å². The van der Waals surface area contributed by atoms with E-state index in [-0.39, 0.29) is 11.9 Å². The average Bonchev–Trinajstić information content (AvgIpc) is 3.21. The van der Waals surface area contributed by atoms with E-state index in [1.807, 2.05) is 26.1 Å². The molecule has 28 heavy (non-hydrogen) atoms. The molecule has 0 aliphatic carbocycles. The number of nitrogens with one attached hydrogen (secondary N) is 1. The maximum Gasteiger partial charge on any atom is 0.416 e. The molecule has 2 fully saturated rings. The van der Waals surface area contributed by atoms with Crippen LogP contribution in [0.25, 0.3) is 11.1 Å². The first-order valence-electron chi connectivity index (χ1n) is 9.37. The lowest BCUT2D eigenvalue weighted by Crippen LogP contribution is -2.47. The Morgan fingerprint density at radius 3 is 2.46 bits per heavy atom. The van der Waals surface area contributed by atoms with Crippen molar-refractivity contribution in [3.63, 3.8) is 0 Å². The smallest absolute Gasteiger partial charge is 0.344 e. The summed E-state index contributed by atoms with van der Waals surface area (Å²) in [5, 5.41) is 3.50. The Hall–Kier alpha value is -2.41. The molecule has 7 heteroatoms. The number of aromatic nitrogens is 1. The quantitative estimate of drug-likeness (QED) is 0.841. The van der Waals surface area contributed by atoms with Crippen molar-refractivity contribution in [3.05, 3.63) is 53.3 Å². The molecule has 0 bridgehead atoms. The Kier molecular flexibility index (Phi) is 4.45. The molecule has 3 heterocycles. The predicted molar refractivity (Wildman–Crippen MR) is 99.5 cm³/mol. The van der Waals surface area contributed by atoms with Crippen LogP contribution < -0.4 is 5.32 Å². The van der Waals surface area contributed by atoms with Crippen molar-refractivity contribution in [1.29, 1.82) is 0 Å². The lowest BCUT2D eigenvalue weighted by molar-refractivity contribution is -0.137. The number of aryl methyl sites for hydroxylation is 1. The summed E-state index contributed by atoms with van der Waals surface area (Å²) in [4.78, 5) is 18.9. The molecule has 2 saturated heterocycles. The van der Waals surface area contributed by atoms with Gasteiger partial charge in [0.25, 0.3) is 0 Å². The fraction of sp³-hybridized carbons (Fsp3) is 0.429. The molecule has 2 atom stereocenters. The second-order valence-electron chi connectivity index (χ2n) is 7.79. The van der Waals surface area contributed by atoms with Crippen LogP contribution in [0.1, 0.15) is 42.3 Å². The summed E-state index contributed by atoms with van der Waals surface area (Å²) in [5.74, 6) is 0.130. The highest BCUT2D eigenvalue weighted by Crippen LogP contribution is 2.39. The first-order valence-corrected chi connectivity index (χ1v) is 9.37. The number of hydrogen-bond acceptors (Lipinski definition) is 3. The van der Waals surface area contributed by atoms with Gasteiger partial charge in [-0.3, -0.25) is 15.1 Å². The molecule has 0 radical (unpaired) electrons. The molecule has 1 amide bonds. The molecule has 148 valence electrons. The number of nitrogens with zero attached hydrogens (tertiary/aromatic N) is 2. The van der Waals surface area contributed by atoms with Gasteiger partial charge in [-0.1, -0.05) is 12.1 Å². The second-order valence-corrected chi connectivity index (χ2v) is 7.79. The highest BCUT2D eigenvalue weighted by Gasteiger charge is 2.50. The number of rotatable bonds is 2. The summed E-state index contributed by atoms with van der Waals surface area (Å²) in [7, 11) is 1.82. The van der Waals surface area contributed by atoms with E-state index in [1.54, 1.807) is 4.90 Å². The van der Waals surface area contributed by atoms with Crippen molar-refractivity contribution >= 4 is 5.91 Å². The monoisotopic (exact) mass is 389 g/mol. The van der Waals surface area contributed by atoms with Crippen LogP contribution in [0.5, 0.6) is 0 Å². The number of carbonyl (C=O) groups is 1. The third-order valence-corrected chi connectivity index (χ3v) is 5.82. The van der Waals surface area contributed by atoms with E-state index in [0.29, 0.717) is 5.56 Å². The minimum absolute atomic E-state index is 0.0384. The third kappa shape index (κ3) is 3.28. The number of carbonyl (C=O) groups excluding carboxylic acids is 1. The zero-order valence-corrected chi connectivity index (χ0v) is 15.8. The lowest BCUT2D eigenvalue weighted by atomic mass is 9.96. The van der Waals surface area contributed by atoms with E-state index in [9.17, 15) is 18.0 Å². The molecule has 1 aromatic heterocycles. The molecule has 2 aliphatic heterocycles. The molecular weight excluding hydrogens is 367 g/mol. The van der Waals surface area contributed by atoms with Crippen LogP contribution >= 0.6 is 0 Å². The number of amides is 1. The van der Waals surface area contributed by atoms with E-state index < -0.39 is 17.3 Å². The summed E-state index contributed by atoms with van der Waals surface area (Å²) in [5.41, 5.74) is 2.00. The van der Waals surface area contributed by atoms with Crippen molar-refractivity contribution in [2.45, 2.75) is 43.9 Å². The van der Waals surface area contributed by atoms with E-state index in [0.717, 1.165) is 54.9 Å². The molecule has 4 nitrogen and oxygen atoms in total. The molecule has 1 aromatic carbocycles. The van der Waals surface area contributed by atoms with Crippen LogP contribution in [-0.4, -0.2) is 34.9 Å². The number of likely N-dealkylation sites (tertiary alicyclic amines) is 1. The summed E-state index contributed by atoms with van der Waals surface area (Å²) < 4.78 is 38.4. The Morgan fingerprint density at radius 1 is 1.14 bits per heavy atom. The van der Waals surface area contributed by atoms with E-state index in [2.05, 4.69) is 10.3 Å². The Balaban J connectivity index is 1.61.